The summed E-state index contributed by atoms with van der Waals surface area (Å²) in [4.78, 5) is 14.3. The highest BCUT2D eigenvalue weighted by Crippen LogP contribution is 2.33. The third-order valence-electron chi connectivity index (χ3n) is 5.76. The van der Waals surface area contributed by atoms with Crippen LogP contribution in [0.15, 0.2) is 30.5 Å². The Labute approximate surface area is 176 Å². The largest absolute Gasteiger partial charge is 0.378 e. The van der Waals surface area contributed by atoms with Crippen molar-refractivity contribution >= 4 is 34.2 Å². The number of anilines is 4. The van der Waals surface area contributed by atoms with E-state index in [1.54, 1.807) is 0 Å². The zero-order chi connectivity index (χ0) is 20.3. The van der Waals surface area contributed by atoms with Gasteiger partial charge in [0.15, 0.2) is 5.65 Å². The van der Waals surface area contributed by atoms with Crippen LogP contribution in [-0.2, 0) is 4.74 Å². The van der Waals surface area contributed by atoms with Crippen molar-refractivity contribution in [3.63, 3.8) is 0 Å². The normalized spacial score (nSPS) is 16.8. The summed E-state index contributed by atoms with van der Waals surface area (Å²) in [6.45, 7) is 7.70. The molecule has 8 nitrogen and oxygen atoms in total. The Morgan fingerprint density at radius 2 is 1.97 bits per heavy atom. The SMILES string of the molecule is CCCN(CC1CC1)c1nc(Nc2ccc(N3CCOCC3)cc2)nc2[nH]ncc12. The highest BCUT2D eigenvalue weighted by Gasteiger charge is 2.26. The molecule has 0 spiro atoms. The van der Waals surface area contributed by atoms with E-state index >= 15 is 0 Å². The number of benzene rings is 1. The van der Waals surface area contributed by atoms with E-state index in [1.165, 1.54) is 18.5 Å². The number of H-pyrrole nitrogens is 1. The van der Waals surface area contributed by atoms with Gasteiger partial charge in [0.1, 0.15) is 5.82 Å². The van der Waals surface area contributed by atoms with Gasteiger partial charge in [-0.3, -0.25) is 5.10 Å². The Morgan fingerprint density at radius 1 is 1.17 bits per heavy atom. The minimum absolute atomic E-state index is 0.595. The minimum atomic E-state index is 0.595. The predicted molar refractivity (Wildman–Crippen MR) is 120 cm³/mol. The van der Waals surface area contributed by atoms with Gasteiger partial charge in [-0.25, -0.2) is 0 Å². The number of ether oxygens (including phenoxy) is 1. The maximum Gasteiger partial charge on any atom is 0.231 e. The van der Waals surface area contributed by atoms with Crippen LogP contribution in [0.4, 0.5) is 23.1 Å². The molecule has 1 saturated heterocycles. The van der Waals surface area contributed by atoms with Gasteiger partial charge in [-0.05, 0) is 49.4 Å². The number of morpholine rings is 1. The minimum Gasteiger partial charge on any atom is -0.378 e. The van der Waals surface area contributed by atoms with E-state index in [0.29, 0.717) is 5.95 Å². The second-order valence-corrected chi connectivity index (χ2v) is 8.16. The first-order chi connectivity index (χ1) is 14.8. The summed E-state index contributed by atoms with van der Waals surface area (Å²) in [5, 5.41) is 11.6. The monoisotopic (exact) mass is 407 g/mol. The molecule has 2 fully saturated rings. The van der Waals surface area contributed by atoms with Crippen LogP contribution in [0.25, 0.3) is 11.0 Å². The molecular weight excluding hydrogens is 378 g/mol. The lowest BCUT2D eigenvalue weighted by Gasteiger charge is -2.29. The lowest BCUT2D eigenvalue weighted by molar-refractivity contribution is 0.122. The number of hydrogen-bond acceptors (Lipinski definition) is 7. The number of aromatic amines is 1. The topological polar surface area (TPSA) is 82.2 Å². The fourth-order valence-corrected chi connectivity index (χ4v) is 3.99. The number of nitrogens with one attached hydrogen (secondary N) is 2. The first-order valence-electron chi connectivity index (χ1n) is 11.0. The summed E-state index contributed by atoms with van der Waals surface area (Å²) in [5.41, 5.74) is 2.96. The molecule has 2 aliphatic rings. The van der Waals surface area contributed by atoms with Gasteiger partial charge in [0, 0.05) is 37.6 Å². The Morgan fingerprint density at radius 3 is 2.70 bits per heavy atom. The highest BCUT2D eigenvalue weighted by atomic mass is 16.5. The molecule has 0 amide bonds. The predicted octanol–water partition coefficient (Wildman–Crippen LogP) is 3.56. The summed E-state index contributed by atoms with van der Waals surface area (Å²) in [7, 11) is 0. The molecule has 1 saturated carbocycles. The van der Waals surface area contributed by atoms with Crippen LogP contribution in [0.3, 0.4) is 0 Å². The van der Waals surface area contributed by atoms with E-state index in [4.69, 9.17) is 9.72 Å². The summed E-state index contributed by atoms with van der Waals surface area (Å²) in [6.07, 6.45) is 5.56. The molecule has 0 unspecified atom stereocenters. The zero-order valence-electron chi connectivity index (χ0n) is 17.5. The van der Waals surface area contributed by atoms with E-state index in [9.17, 15) is 0 Å². The van der Waals surface area contributed by atoms with Gasteiger partial charge >= 0.3 is 0 Å². The standard InChI is InChI=1S/C22H29N7O/c1-2-9-29(15-16-3-4-16)21-19-14-23-27-20(19)25-22(26-21)24-17-5-7-18(8-6-17)28-10-12-30-13-11-28/h5-8,14,16H,2-4,9-13,15H2,1H3,(H2,23,24,25,26,27). The van der Waals surface area contributed by atoms with Crippen molar-refractivity contribution in [1.82, 2.24) is 20.2 Å². The number of nitrogens with zero attached hydrogens (tertiary/aromatic N) is 5. The molecule has 0 atom stereocenters. The van der Waals surface area contributed by atoms with Crippen LogP contribution in [0.5, 0.6) is 0 Å². The molecule has 3 heterocycles. The summed E-state index contributed by atoms with van der Waals surface area (Å²) < 4.78 is 5.45. The summed E-state index contributed by atoms with van der Waals surface area (Å²) in [5.74, 6) is 2.35. The Kier molecular flexibility index (Phi) is 5.40. The molecule has 158 valence electrons. The first-order valence-corrected chi connectivity index (χ1v) is 11.0. The maximum absolute atomic E-state index is 5.45. The van der Waals surface area contributed by atoms with Gasteiger partial charge in [0.2, 0.25) is 5.95 Å². The van der Waals surface area contributed by atoms with Crippen LogP contribution in [0.1, 0.15) is 26.2 Å². The van der Waals surface area contributed by atoms with Crippen molar-refractivity contribution in [2.24, 2.45) is 5.92 Å². The van der Waals surface area contributed by atoms with E-state index in [1.807, 2.05) is 6.20 Å². The molecule has 2 aromatic heterocycles. The lowest BCUT2D eigenvalue weighted by atomic mass is 10.2. The third-order valence-corrected chi connectivity index (χ3v) is 5.76. The van der Waals surface area contributed by atoms with Crippen molar-refractivity contribution in [2.75, 3.05) is 54.5 Å². The van der Waals surface area contributed by atoms with Gasteiger partial charge < -0.3 is 19.9 Å². The van der Waals surface area contributed by atoms with E-state index in [0.717, 1.165) is 74.3 Å². The fourth-order valence-electron chi connectivity index (χ4n) is 3.99. The van der Waals surface area contributed by atoms with E-state index < -0.39 is 0 Å². The van der Waals surface area contributed by atoms with Crippen LogP contribution in [-0.4, -0.2) is 59.6 Å². The van der Waals surface area contributed by atoms with Crippen molar-refractivity contribution in [3.05, 3.63) is 30.5 Å². The molecule has 1 aromatic carbocycles. The maximum atomic E-state index is 5.45. The Hall–Kier alpha value is -2.87. The van der Waals surface area contributed by atoms with Gasteiger partial charge in [0.05, 0.1) is 24.8 Å². The Balaban J connectivity index is 1.38. The third kappa shape index (κ3) is 4.18. The van der Waals surface area contributed by atoms with Gasteiger partial charge in [-0.2, -0.15) is 15.1 Å². The average Bonchev–Trinajstić information content (AvgIpc) is 3.47. The molecule has 5 rings (SSSR count). The van der Waals surface area contributed by atoms with Crippen molar-refractivity contribution in [2.45, 2.75) is 26.2 Å². The molecule has 0 bridgehead atoms. The number of fused-ring (bicyclic) bond motifs is 1. The fraction of sp³-hybridized carbons (Fsp3) is 0.500. The second-order valence-electron chi connectivity index (χ2n) is 8.16. The van der Waals surface area contributed by atoms with E-state index in [-0.39, 0.29) is 0 Å². The van der Waals surface area contributed by atoms with Crippen LogP contribution in [0.2, 0.25) is 0 Å². The smallest absolute Gasteiger partial charge is 0.231 e. The lowest BCUT2D eigenvalue weighted by Crippen LogP contribution is -2.36. The summed E-state index contributed by atoms with van der Waals surface area (Å²) in [6, 6.07) is 8.44. The zero-order valence-corrected chi connectivity index (χ0v) is 17.5. The van der Waals surface area contributed by atoms with Gasteiger partial charge in [-0.15, -0.1) is 0 Å². The molecular formula is C22H29N7O. The molecule has 1 aliphatic heterocycles. The second kappa shape index (κ2) is 8.47. The van der Waals surface area contributed by atoms with Crippen LogP contribution in [0, 0.1) is 5.92 Å². The number of rotatable bonds is 8. The molecule has 1 aliphatic carbocycles. The Bertz CT molecular complexity index is 977. The van der Waals surface area contributed by atoms with Gasteiger partial charge in [0.25, 0.3) is 0 Å². The van der Waals surface area contributed by atoms with Crippen LogP contribution >= 0.6 is 0 Å². The molecule has 2 N–H and O–H groups in total. The number of aromatic nitrogens is 4. The van der Waals surface area contributed by atoms with Crippen molar-refractivity contribution in [3.8, 4) is 0 Å². The highest BCUT2D eigenvalue weighted by molar-refractivity contribution is 5.88. The quantitative estimate of drug-likeness (QED) is 0.591. The van der Waals surface area contributed by atoms with E-state index in [2.05, 4.69) is 61.5 Å². The van der Waals surface area contributed by atoms with Gasteiger partial charge in [-0.1, -0.05) is 6.92 Å². The van der Waals surface area contributed by atoms with Crippen molar-refractivity contribution in [1.29, 1.82) is 0 Å². The number of hydrogen-bond donors (Lipinski definition) is 2. The summed E-state index contributed by atoms with van der Waals surface area (Å²) >= 11 is 0. The van der Waals surface area contributed by atoms with Crippen LogP contribution < -0.4 is 15.1 Å². The van der Waals surface area contributed by atoms with Crippen molar-refractivity contribution < 1.29 is 4.74 Å². The molecule has 8 heteroatoms. The molecule has 0 radical (unpaired) electrons. The molecule has 3 aromatic rings. The molecule has 30 heavy (non-hydrogen) atoms. The first kappa shape index (κ1) is 19.1. The average molecular weight is 408 g/mol.